The molecular formula is C13H18N4O. The Morgan fingerprint density at radius 3 is 2.89 bits per heavy atom. The van der Waals surface area contributed by atoms with Gasteiger partial charge in [-0.25, -0.2) is 4.68 Å². The topological polar surface area (TPSA) is 66.0 Å². The standard InChI is InChI=1S/C13H18N4O/c1-2-11-5-3-4-6-13(11)18-8-7-17-10-12(9-14)15-16-17/h3-6,10H,2,7-9,14H2,1H3. The van der Waals surface area contributed by atoms with E-state index in [0.717, 1.165) is 17.9 Å². The minimum Gasteiger partial charge on any atom is -0.491 e. The SMILES string of the molecule is CCc1ccccc1OCCn1cc(CN)nn1. The van der Waals surface area contributed by atoms with Gasteiger partial charge in [0, 0.05) is 12.7 Å². The van der Waals surface area contributed by atoms with Crippen LogP contribution in [0.1, 0.15) is 18.2 Å². The number of para-hydroxylation sites is 1. The molecule has 0 saturated carbocycles. The van der Waals surface area contributed by atoms with Crippen molar-refractivity contribution in [3.05, 3.63) is 41.7 Å². The van der Waals surface area contributed by atoms with E-state index in [1.165, 1.54) is 5.56 Å². The van der Waals surface area contributed by atoms with Gasteiger partial charge in [-0.05, 0) is 18.1 Å². The molecule has 1 aromatic carbocycles. The third-order valence-electron chi connectivity index (χ3n) is 2.73. The van der Waals surface area contributed by atoms with Crippen LogP contribution in [-0.2, 0) is 19.5 Å². The number of ether oxygens (including phenoxy) is 1. The van der Waals surface area contributed by atoms with Crippen LogP contribution in [0.5, 0.6) is 5.75 Å². The summed E-state index contributed by atoms with van der Waals surface area (Å²) < 4.78 is 7.50. The average Bonchev–Trinajstić information content (AvgIpc) is 2.87. The minimum absolute atomic E-state index is 0.416. The van der Waals surface area contributed by atoms with Gasteiger partial charge in [0.25, 0.3) is 0 Å². The first-order chi connectivity index (χ1) is 8.83. The molecular weight excluding hydrogens is 228 g/mol. The molecule has 0 bridgehead atoms. The summed E-state index contributed by atoms with van der Waals surface area (Å²) in [6.45, 7) is 3.78. The quantitative estimate of drug-likeness (QED) is 0.836. The van der Waals surface area contributed by atoms with Crippen LogP contribution in [0.2, 0.25) is 0 Å². The van der Waals surface area contributed by atoms with Gasteiger partial charge in [-0.2, -0.15) is 0 Å². The van der Waals surface area contributed by atoms with Crippen LogP contribution in [0.25, 0.3) is 0 Å². The zero-order valence-electron chi connectivity index (χ0n) is 10.5. The Kier molecular flexibility index (Phi) is 4.30. The summed E-state index contributed by atoms with van der Waals surface area (Å²) >= 11 is 0. The lowest BCUT2D eigenvalue weighted by molar-refractivity contribution is 0.287. The minimum atomic E-state index is 0.416. The molecule has 0 saturated heterocycles. The first-order valence-electron chi connectivity index (χ1n) is 6.13. The second-order valence-corrected chi connectivity index (χ2v) is 3.99. The van der Waals surface area contributed by atoms with Crippen LogP contribution >= 0.6 is 0 Å². The van der Waals surface area contributed by atoms with Crippen molar-refractivity contribution in [2.75, 3.05) is 6.61 Å². The maximum Gasteiger partial charge on any atom is 0.122 e. The van der Waals surface area contributed by atoms with Crippen molar-refractivity contribution >= 4 is 0 Å². The molecule has 0 radical (unpaired) electrons. The van der Waals surface area contributed by atoms with Gasteiger partial charge >= 0.3 is 0 Å². The molecule has 0 aliphatic carbocycles. The van der Waals surface area contributed by atoms with E-state index in [9.17, 15) is 0 Å². The lowest BCUT2D eigenvalue weighted by atomic mass is 10.1. The molecule has 1 heterocycles. The number of nitrogens with zero attached hydrogens (tertiary/aromatic N) is 3. The maximum atomic E-state index is 5.75. The van der Waals surface area contributed by atoms with Crippen LogP contribution in [0.4, 0.5) is 0 Å². The van der Waals surface area contributed by atoms with Gasteiger partial charge in [-0.15, -0.1) is 5.10 Å². The fraction of sp³-hybridized carbons (Fsp3) is 0.385. The van der Waals surface area contributed by atoms with Gasteiger partial charge < -0.3 is 10.5 Å². The van der Waals surface area contributed by atoms with E-state index in [4.69, 9.17) is 10.5 Å². The molecule has 0 fully saturated rings. The highest BCUT2D eigenvalue weighted by Crippen LogP contribution is 2.18. The van der Waals surface area contributed by atoms with Crippen molar-refractivity contribution in [1.29, 1.82) is 0 Å². The van der Waals surface area contributed by atoms with Gasteiger partial charge in [-0.3, -0.25) is 0 Å². The summed E-state index contributed by atoms with van der Waals surface area (Å²) in [7, 11) is 0. The lowest BCUT2D eigenvalue weighted by Crippen LogP contribution is -2.09. The number of aryl methyl sites for hydroxylation is 1. The lowest BCUT2D eigenvalue weighted by Gasteiger charge is -2.09. The van der Waals surface area contributed by atoms with Crippen LogP contribution in [0.15, 0.2) is 30.5 Å². The van der Waals surface area contributed by atoms with Crippen molar-refractivity contribution in [1.82, 2.24) is 15.0 Å². The molecule has 1 aromatic heterocycles. The number of nitrogens with two attached hydrogens (primary N) is 1. The molecule has 2 aromatic rings. The van der Waals surface area contributed by atoms with E-state index in [1.54, 1.807) is 4.68 Å². The molecule has 5 heteroatoms. The van der Waals surface area contributed by atoms with Gasteiger partial charge in [0.05, 0.1) is 12.2 Å². The van der Waals surface area contributed by atoms with Crippen molar-refractivity contribution < 1.29 is 4.74 Å². The molecule has 0 aliphatic heterocycles. The van der Waals surface area contributed by atoms with Crippen LogP contribution in [0, 0.1) is 0 Å². The Balaban J connectivity index is 1.88. The monoisotopic (exact) mass is 246 g/mol. The number of rotatable bonds is 6. The fourth-order valence-corrected chi connectivity index (χ4v) is 1.73. The molecule has 0 aliphatic rings. The van der Waals surface area contributed by atoms with Gasteiger partial charge in [0.1, 0.15) is 12.4 Å². The summed E-state index contributed by atoms with van der Waals surface area (Å²) in [6.07, 6.45) is 2.81. The molecule has 96 valence electrons. The number of aromatic nitrogens is 3. The molecule has 0 spiro atoms. The van der Waals surface area contributed by atoms with E-state index in [0.29, 0.717) is 19.7 Å². The third-order valence-corrected chi connectivity index (χ3v) is 2.73. The van der Waals surface area contributed by atoms with Crippen molar-refractivity contribution in [3.8, 4) is 5.75 Å². The smallest absolute Gasteiger partial charge is 0.122 e. The third kappa shape index (κ3) is 3.07. The van der Waals surface area contributed by atoms with E-state index in [2.05, 4.69) is 23.3 Å². The summed E-state index contributed by atoms with van der Waals surface area (Å²) in [6, 6.07) is 8.08. The Bertz CT molecular complexity index is 495. The highest BCUT2D eigenvalue weighted by Gasteiger charge is 2.02. The normalized spacial score (nSPS) is 10.6. The van der Waals surface area contributed by atoms with Crippen LogP contribution in [0.3, 0.4) is 0 Å². The van der Waals surface area contributed by atoms with Crippen molar-refractivity contribution in [3.63, 3.8) is 0 Å². The van der Waals surface area contributed by atoms with E-state index in [1.807, 2.05) is 24.4 Å². The summed E-state index contributed by atoms with van der Waals surface area (Å²) in [5.41, 5.74) is 7.49. The summed E-state index contributed by atoms with van der Waals surface area (Å²) in [4.78, 5) is 0. The first-order valence-corrected chi connectivity index (χ1v) is 6.13. The first kappa shape index (κ1) is 12.6. The van der Waals surface area contributed by atoms with Gasteiger partial charge in [0.2, 0.25) is 0 Å². The number of hydrogen-bond acceptors (Lipinski definition) is 4. The molecule has 0 unspecified atom stereocenters. The molecule has 2 N–H and O–H groups in total. The number of hydrogen-bond donors (Lipinski definition) is 1. The molecule has 0 atom stereocenters. The average molecular weight is 246 g/mol. The molecule has 5 nitrogen and oxygen atoms in total. The second-order valence-electron chi connectivity index (χ2n) is 3.99. The second kappa shape index (κ2) is 6.16. The van der Waals surface area contributed by atoms with Crippen LogP contribution in [-0.4, -0.2) is 21.6 Å². The zero-order chi connectivity index (χ0) is 12.8. The Morgan fingerprint density at radius 1 is 1.33 bits per heavy atom. The largest absolute Gasteiger partial charge is 0.491 e. The molecule has 2 rings (SSSR count). The Labute approximate surface area is 107 Å². The highest BCUT2D eigenvalue weighted by molar-refractivity contribution is 5.33. The predicted molar refractivity (Wildman–Crippen MR) is 69.2 cm³/mol. The van der Waals surface area contributed by atoms with Crippen LogP contribution < -0.4 is 10.5 Å². The van der Waals surface area contributed by atoms with Crippen molar-refractivity contribution in [2.24, 2.45) is 5.73 Å². The van der Waals surface area contributed by atoms with E-state index < -0.39 is 0 Å². The fourth-order valence-electron chi connectivity index (χ4n) is 1.73. The van der Waals surface area contributed by atoms with Gasteiger partial charge in [0.15, 0.2) is 0 Å². The van der Waals surface area contributed by atoms with E-state index >= 15 is 0 Å². The molecule has 18 heavy (non-hydrogen) atoms. The van der Waals surface area contributed by atoms with E-state index in [-0.39, 0.29) is 0 Å². The summed E-state index contributed by atoms with van der Waals surface area (Å²) in [5.74, 6) is 0.944. The number of benzene rings is 1. The Hall–Kier alpha value is -1.88. The molecule has 0 amide bonds. The predicted octanol–water partition coefficient (Wildman–Crippen LogP) is 1.38. The van der Waals surface area contributed by atoms with Gasteiger partial charge in [-0.1, -0.05) is 30.3 Å². The summed E-state index contributed by atoms with van der Waals surface area (Å²) in [5, 5.41) is 7.89. The zero-order valence-corrected chi connectivity index (χ0v) is 10.5. The Morgan fingerprint density at radius 2 is 2.17 bits per heavy atom. The highest BCUT2D eigenvalue weighted by atomic mass is 16.5. The van der Waals surface area contributed by atoms with Crippen molar-refractivity contribution in [2.45, 2.75) is 26.4 Å². The maximum absolute atomic E-state index is 5.75.